The van der Waals surface area contributed by atoms with Crippen molar-refractivity contribution in [2.24, 2.45) is 0 Å². The van der Waals surface area contributed by atoms with Crippen LogP contribution in [0.5, 0.6) is 0 Å². The van der Waals surface area contributed by atoms with Gasteiger partial charge in [-0.2, -0.15) is 0 Å². The number of anilines is 1. The van der Waals surface area contributed by atoms with Crippen LogP contribution in [0, 0.1) is 0 Å². The SMILES string of the molecule is CCSc1ccccc1NC(=O)c1cc(Cl)ncc1Cl. The molecule has 104 valence electrons. The smallest absolute Gasteiger partial charge is 0.257 e. The molecule has 0 radical (unpaired) electrons. The largest absolute Gasteiger partial charge is 0.321 e. The fraction of sp³-hybridized carbons (Fsp3) is 0.143. The Morgan fingerprint density at radius 1 is 1.35 bits per heavy atom. The lowest BCUT2D eigenvalue weighted by Crippen LogP contribution is -2.13. The van der Waals surface area contributed by atoms with E-state index in [4.69, 9.17) is 23.2 Å². The standard InChI is InChI=1S/C14H12Cl2N2OS/c1-2-20-12-6-4-3-5-11(12)18-14(19)9-7-13(16)17-8-10(9)15/h3-8H,2H2,1H3,(H,18,19). The van der Waals surface area contributed by atoms with Crippen LogP contribution in [0.2, 0.25) is 10.2 Å². The van der Waals surface area contributed by atoms with E-state index >= 15 is 0 Å². The lowest BCUT2D eigenvalue weighted by molar-refractivity contribution is 0.102. The van der Waals surface area contributed by atoms with Crippen LogP contribution in [0.1, 0.15) is 17.3 Å². The van der Waals surface area contributed by atoms with Gasteiger partial charge in [0, 0.05) is 11.1 Å². The first kappa shape index (κ1) is 15.2. The number of carbonyl (C=O) groups excluding carboxylic acids is 1. The maximum Gasteiger partial charge on any atom is 0.257 e. The molecule has 0 aliphatic rings. The monoisotopic (exact) mass is 326 g/mol. The minimum Gasteiger partial charge on any atom is -0.321 e. The van der Waals surface area contributed by atoms with Gasteiger partial charge in [0.1, 0.15) is 5.15 Å². The van der Waals surface area contributed by atoms with Gasteiger partial charge in [0.05, 0.1) is 16.3 Å². The summed E-state index contributed by atoms with van der Waals surface area (Å²) in [5.41, 5.74) is 1.07. The van der Waals surface area contributed by atoms with Crippen LogP contribution >= 0.6 is 35.0 Å². The fourth-order valence-electron chi connectivity index (χ4n) is 1.63. The molecule has 20 heavy (non-hydrogen) atoms. The summed E-state index contributed by atoms with van der Waals surface area (Å²) < 4.78 is 0. The summed E-state index contributed by atoms with van der Waals surface area (Å²) in [7, 11) is 0. The summed E-state index contributed by atoms with van der Waals surface area (Å²) in [6, 6.07) is 9.08. The van der Waals surface area contributed by atoms with Crippen molar-refractivity contribution in [2.45, 2.75) is 11.8 Å². The molecule has 1 heterocycles. The van der Waals surface area contributed by atoms with Crippen molar-refractivity contribution >= 4 is 46.6 Å². The molecule has 0 spiro atoms. The van der Waals surface area contributed by atoms with Gasteiger partial charge < -0.3 is 5.32 Å². The predicted octanol–water partition coefficient (Wildman–Crippen LogP) is 4.75. The number of pyridine rings is 1. The Bertz CT molecular complexity index is 634. The third-order valence-electron chi connectivity index (χ3n) is 2.50. The molecule has 0 aliphatic heterocycles. The molecule has 0 atom stereocenters. The summed E-state index contributed by atoms with van der Waals surface area (Å²) in [5, 5.41) is 3.35. The van der Waals surface area contributed by atoms with E-state index in [0.29, 0.717) is 5.56 Å². The number of hydrogen-bond donors (Lipinski definition) is 1. The molecule has 0 aliphatic carbocycles. The Morgan fingerprint density at radius 2 is 2.10 bits per heavy atom. The van der Waals surface area contributed by atoms with Crippen LogP contribution < -0.4 is 5.32 Å². The normalized spacial score (nSPS) is 10.3. The van der Waals surface area contributed by atoms with E-state index in [1.807, 2.05) is 24.3 Å². The maximum atomic E-state index is 12.3. The molecule has 6 heteroatoms. The Morgan fingerprint density at radius 3 is 2.85 bits per heavy atom. The van der Waals surface area contributed by atoms with E-state index in [1.54, 1.807) is 11.8 Å². The molecule has 0 unspecified atom stereocenters. The van der Waals surface area contributed by atoms with Crippen LogP contribution in [-0.4, -0.2) is 16.6 Å². The number of para-hydroxylation sites is 1. The molecule has 1 amide bonds. The van der Waals surface area contributed by atoms with Gasteiger partial charge in [0.25, 0.3) is 5.91 Å². The third kappa shape index (κ3) is 3.66. The molecule has 0 bridgehead atoms. The molecule has 0 fully saturated rings. The van der Waals surface area contributed by atoms with Gasteiger partial charge in [-0.1, -0.05) is 42.3 Å². The van der Waals surface area contributed by atoms with Crippen LogP contribution in [-0.2, 0) is 0 Å². The Labute approximate surface area is 131 Å². The fourth-order valence-corrected chi connectivity index (χ4v) is 2.74. The van der Waals surface area contributed by atoms with Gasteiger partial charge in [-0.15, -0.1) is 11.8 Å². The van der Waals surface area contributed by atoms with Crippen molar-refractivity contribution in [3.63, 3.8) is 0 Å². The van der Waals surface area contributed by atoms with Gasteiger partial charge >= 0.3 is 0 Å². The first-order valence-corrected chi connectivity index (χ1v) is 7.70. The molecule has 1 N–H and O–H groups in total. The highest BCUT2D eigenvalue weighted by Gasteiger charge is 2.13. The second-order valence-corrected chi connectivity index (χ2v) is 5.97. The molecular formula is C14H12Cl2N2OS. The molecule has 1 aromatic carbocycles. The number of thioether (sulfide) groups is 1. The van der Waals surface area contributed by atoms with E-state index in [9.17, 15) is 4.79 Å². The zero-order valence-electron chi connectivity index (χ0n) is 10.7. The van der Waals surface area contributed by atoms with Crippen molar-refractivity contribution in [2.75, 3.05) is 11.1 Å². The van der Waals surface area contributed by atoms with Crippen molar-refractivity contribution in [3.8, 4) is 0 Å². The predicted molar refractivity (Wildman–Crippen MR) is 85.1 cm³/mol. The minimum absolute atomic E-state index is 0.232. The van der Waals surface area contributed by atoms with Crippen LogP contribution in [0.4, 0.5) is 5.69 Å². The van der Waals surface area contributed by atoms with Crippen molar-refractivity contribution in [1.82, 2.24) is 4.98 Å². The first-order chi connectivity index (χ1) is 9.61. The van der Waals surface area contributed by atoms with E-state index in [0.717, 1.165) is 16.3 Å². The second kappa shape index (κ2) is 6.97. The third-order valence-corrected chi connectivity index (χ3v) is 3.97. The molecule has 2 rings (SSSR count). The number of amides is 1. The number of nitrogens with zero attached hydrogens (tertiary/aromatic N) is 1. The maximum absolute atomic E-state index is 12.3. The number of carbonyl (C=O) groups is 1. The number of nitrogens with one attached hydrogen (secondary N) is 1. The minimum atomic E-state index is -0.302. The van der Waals surface area contributed by atoms with Gasteiger partial charge in [0.15, 0.2) is 0 Å². The molecule has 3 nitrogen and oxygen atoms in total. The number of benzene rings is 1. The van der Waals surface area contributed by atoms with Crippen LogP contribution in [0.3, 0.4) is 0 Å². The topological polar surface area (TPSA) is 42.0 Å². The number of halogens is 2. The quantitative estimate of drug-likeness (QED) is 0.651. The highest BCUT2D eigenvalue weighted by Crippen LogP contribution is 2.28. The first-order valence-electron chi connectivity index (χ1n) is 5.96. The second-order valence-electron chi connectivity index (χ2n) is 3.87. The highest BCUT2D eigenvalue weighted by molar-refractivity contribution is 7.99. The number of aromatic nitrogens is 1. The van der Waals surface area contributed by atoms with E-state index in [2.05, 4.69) is 17.2 Å². The summed E-state index contributed by atoms with van der Waals surface area (Å²) in [5.74, 6) is 0.623. The lowest BCUT2D eigenvalue weighted by atomic mass is 10.2. The molecule has 0 saturated carbocycles. The number of rotatable bonds is 4. The summed E-state index contributed by atoms with van der Waals surface area (Å²) >= 11 is 13.4. The average Bonchev–Trinajstić information content (AvgIpc) is 2.44. The van der Waals surface area contributed by atoms with Crippen LogP contribution in [0.25, 0.3) is 0 Å². The van der Waals surface area contributed by atoms with Gasteiger partial charge in [-0.25, -0.2) is 4.98 Å². The zero-order chi connectivity index (χ0) is 14.5. The van der Waals surface area contributed by atoms with Gasteiger partial charge in [-0.3, -0.25) is 4.79 Å². The molecular weight excluding hydrogens is 315 g/mol. The van der Waals surface area contributed by atoms with E-state index in [-0.39, 0.29) is 16.1 Å². The summed E-state index contributed by atoms with van der Waals surface area (Å²) in [6.07, 6.45) is 1.37. The lowest BCUT2D eigenvalue weighted by Gasteiger charge is -2.10. The Hall–Kier alpha value is -1.23. The summed E-state index contributed by atoms with van der Waals surface area (Å²) in [4.78, 5) is 17.1. The molecule has 2 aromatic rings. The van der Waals surface area contributed by atoms with Gasteiger partial charge in [-0.05, 0) is 24.0 Å². The van der Waals surface area contributed by atoms with Crippen molar-refractivity contribution in [1.29, 1.82) is 0 Å². The van der Waals surface area contributed by atoms with Crippen LogP contribution in [0.15, 0.2) is 41.4 Å². The molecule has 0 saturated heterocycles. The summed E-state index contributed by atoms with van der Waals surface area (Å²) in [6.45, 7) is 2.06. The highest BCUT2D eigenvalue weighted by atomic mass is 35.5. The van der Waals surface area contributed by atoms with Crippen molar-refractivity contribution in [3.05, 3.63) is 52.3 Å². The van der Waals surface area contributed by atoms with Gasteiger partial charge in [0.2, 0.25) is 0 Å². The van der Waals surface area contributed by atoms with Crippen molar-refractivity contribution < 1.29 is 4.79 Å². The Kier molecular flexibility index (Phi) is 5.29. The number of hydrogen-bond acceptors (Lipinski definition) is 3. The Balaban J connectivity index is 2.26. The van der Waals surface area contributed by atoms with E-state index < -0.39 is 0 Å². The van der Waals surface area contributed by atoms with E-state index in [1.165, 1.54) is 12.3 Å². The molecule has 1 aromatic heterocycles. The zero-order valence-corrected chi connectivity index (χ0v) is 13.0. The average molecular weight is 327 g/mol.